The lowest BCUT2D eigenvalue weighted by Crippen LogP contribution is -2.15. The molecule has 36 heavy (non-hydrogen) atoms. The van der Waals surface area contributed by atoms with E-state index in [1.165, 1.54) is 13.2 Å². The molecule has 0 aliphatic heterocycles. The van der Waals surface area contributed by atoms with Crippen LogP contribution >= 0.6 is 34.2 Å². The summed E-state index contributed by atoms with van der Waals surface area (Å²) in [6, 6.07) is 15.4. The average molecular weight is 627 g/mol. The number of halogens is 5. The number of carbonyl (C=O) groups is 1. The highest BCUT2D eigenvalue weighted by Gasteiger charge is 2.31. The second-order valence-corrected chi connectivity index (χ2v) is 9.13. The van der Waals surface area contributed by atoms with Crippen molar-refractivity contribution in [3.8, 4) is 17.6 Å². The van der Waals surface area contributed by atoms with Crippen LogP contribution in [0, 0.1) is 21.8 Å². The van der Waals surface area contributed by atoms with Crippen LogP contribution in [0.2, 0.25) is 5.02 Å². The van der Waals surface area contributed by atoms with Gasteiger partial charge in [0.2, 0.25) is 0 Å². The summed E-state index contributed by atoms with van der Waals surface area (Å²) in [6.07, 6.45) is -3.32. The van der Waals surface area contributed by atoms with Crippen LogP contribution in [0.4, 0.5) is 18.9 Å². The van der Waals surface area contributed by atoms with Gasteiger partial charge in [0.1, 0.15) is 18.2 Å². The van der Waals surface area contributed by atoms with Crippen LogP contribution in [-0.4, -0.2) is 13.0 Å². The molecular weight excluding hydrogens is 608 g/mol. The van der Waals surface area contributed by atoms with Gasteiger partial charge in [0.05, 0.1) is 27.0 Å². The number of nitriles is 1. The minimum absolute atomic E-state index is 0.0972. The number of hydrogen-bond donors (Lipinski definition) is 1. The van der Waals surface area contributed by atoms with Crippen molar-refractivity contribution in [2.75, 3.05) is 12.4 Å². The highest BCUT2D eigenvalue weighted by Crippen LogP contribution is 2.36. The predicted octanol–water partition coefficient (Wildman–Crippen LogP) is 7.41. The summed E-state index contributed by atoms with van der Waals surface area (Å²) >= 11 is 8.00. The molecule has 1 amide bonds. The van der Waals surface area contributed by atoms with Crippen LogP contribution in [0.1, 0.15) is 22.3 Å². The number of nitrogens with one attached hydrogen (secondary N) is 1. The Hall–Kier alpha value is -3.23. The fraction of sp³-hybridized carbons (Fsp3) is 0.154. The Morgan fingerprint density at radius 3 is 2.56 bits per heavy atom. The molecule has 186 valence electrons. The topological polar surface area (TPSA) is 71.3 Å². The van der Waals surface area contributed by atoms with Crippen LogP contribution in [0.3, 0.4) is 0 Å². The van der Waals surface area contributed by atoms with Crippen molar-refractivity contribution >= 4 is 51.9 Å². The molecule has 3 aromatic rings. The van der Waals surface area contributed by atoms with Crippen molar-refractivity contribution in [1.29, 1.82) is 5.26 Å². The van der Waals surface area contributed by atoms with Gasteiger partial charge in [0, 0.05) is 0 Å². The monoisotopic (exact) mass is 626 g/mol. The standard InChI is InChI=1S/C26H19ClF3IN2O3/c1-15-5-3-4-6-17(15)14-36-24-21(31)10-16(11-23(24)35-2)9-18(13-32)25(34)33-22-12-19(26(28,29)30)7-8-20(22)27/h3-12H,14H2,1-2H3,(H,33,34)/b18-9-. The van der Waals surface area contributed by atoms with Gasteiger partial charge in [-0.1, -0.05) is 35.9 Å². The third-order valence-electron chi connectivity index (χ3n) is 5.10. The maximum Gasteiger partial charge on any atom is 0.416 e. The number of anilines is 1. The van der Waals surface area contributed by atoms with Crippen molar-refractivity contribution in [1.82, 2.24) is 0 Å². The number of benzene rings is 3. The quantitative estimate of drug-likeness (QED) is 0.169. The minimum Gasteiger partial charge on any atom is -0.493 e. The highest BCUT2D eigenvalue weighted by atomic mass is 127. The maximum atomic E-state index is 13.0. The number of methoxy groups -OCH3 is 1. The Morgan fingerprint density at radius 2 is 1.92 bits per heavy atom. The van der Waals surface area contributed by atoms with Gasteiger partial charge in [-0.25, -0.2) is 0 Å². The zero-order valence-corrected chi connectivity index (χ0v) is 22.0. The van der Waals surface area contributed by atoms with Crippen molar-refractivity contribution in [3.63, 3.8) is 0 Å². The summed E-state index contributed by atoms with van der Waals surface area (Å²) in [5, 5.41) is 11.7. The summed E-state index contributed by atoms with van der Waals surface area (Å²) in [7, 11) is 1.47. The molecule has 0 saturated heterocycles. The second kappa shape index (κ2) is 11.7. The molecule has 0 fully saturated rings. The number of amides is 1. The van der Waals surface area contributed by atoms with Gasteiger partial charge in [0.15, 0.2) is 11.5 Å². The molecule has 0 spiro atoms. The normalized spacial score (nSPS) is 11.6. The fourth-order valence-corrected chi connectivity index (χ4v) is 4.13. The lowest BCUT2D eigenvalue weighted by Gasteiger charge is -2.15. The molecule has 3 rings (SSSR count). The van der Waals surface area contributed by atoms with Crippen molar-refractivity contribution in [2.45, 2.75) is 19.7 Å². The molecule has 0 bridgehead atoms. The van der Waals surface area contributed by atoms with Crippen LogP contribution in [-0.2, 0) is 17.6 Å². The Kier molecular flexibility index (Phi) is 8.87. The van der Waals surface area contributed by atoms with Crippen LogP contribution < -0.4 is 14.8 Å². The Balaban J connectivity index is 1.86. The minimum atomic E-state index is -4.62. The summed E-state index contributed by atoms with van der Waals surface area (Å²) in [5.41, 5.74) is 0.971. The first-order valence-electron chi connectivity index (χ1n) is 10.4. The van der Waals surface area contributed by atoms with E-state index in [2.05, 4.69) is 27.9 Å². The zero-order chi connectivity index (χ0) is 26.5. The first-order valence-corrected chi connectivity index (χ1v) is 11.8. The molecule has 0 aliphatic rings. The lowest BCUT2D eigenvalue weighted by molar-refractivity contribution is -0.137. The molecule has 5 nitrogen and oxygen atoms in total. The SMILES string of the molecule is COc1cc(/C=C(/C#N)C(=O)Nc2cc(C(F)(F)F)ccc2Cl)cc(I)c1OCc1ccccc1C. The van der Waals surface area contributed by atoms with Crippen molar-refractivity contribution in [3.05, 3.63) is 91.0 Å². The van der Waals surface area contributed by atoms with E-state index in [0.29, 0.717) is 33.3 Å². The lowest BCUT2D eigenvalue weighted by atomic mass is 10.1. The molecule has 3 aromatic carbocycles. The smallest absolute Gasteiger partial charge is 0.416 e. The molecule has 0 saturated carbocycles. The van der Waals surface area contributed by atoms with E-state index in [4.69, 9.17) is 21.1 Å². The molecule has 0 aromatic heterocycles. The van der Waals surface area contributed by atoms with E-state index in [0.717, 1.165) is 23.3 Å². The molecule has 0 atom stereocenters. The van der Waals surface area contributed by atoms with Crippen molar-refractivity contribution in [2.24, 2.45) is 0 Å². The number of ether oxygens (including phenoxy) is 2. The molecule has 0 unspecified atom stereocenters. The van der Waals surface area contributed by atoms with E-state index >= 15 is 0 Å². The number of hydrogen-bond acceptors (Lipinski definition) is 4. The summed E-state index contributed by atoms with van der Waals surface area (Å²) < 4.78 is 51.2. The molecule has 0 radical (unpaired) electrons. The van der Waals surface area contributed by atoms with Crippen LogP contribution in [0.5, 0.6) is 11.5 Å². The van der Waals surface area contributed by atoms with Crippen LogP contribution in [0.25, 0.3) is 6.08 Å². The third-order valence-corrected chi connectivity index (χ3v) is 6.23. The Morgan fingerprint density at radius 1 is 1.19 bits per heavy atom. The molecule has 10 heteroatoms. The molecule has 1 N–H and O–H groups in total. The van der Waals surface area contributed by atoms with Gasteiger partial charge in [0.25, 0.3) is 5.91 Å². The number of rotatable bonds is 7. The largest absolute Gasteiger partial charge is 0.493 e. The van der Waals surface area contributed by atoms with Gasteiger partial charge < -0.3 is 14.8 Å². The van der Waals surface area contributed by atoms with Gasteiger partial charge in [-0.2, -0.15) is 18.4 Å². The van der Waals surface area contributed by atoms with Crippen molar-refractivity contribution < 1.29 is 27.4 Å². The Bertz CT molecular complexity index is 1370. The predicted molar refractivity (Wildman–Crippen MR) is 140 cm³/mol. The average Bonchev–Trinajstić information content (AvgIpc) is 2.83. The van der Waals surface area contributed by atoms with E-state index in [9.17, 15) is 23.2 Å². The molecule has 0 aliphatic carbocycles. The summed E-state index contributed by atoms with van der Waals surface area (Å²) in [4.78, 5) is 12.7. The number of aryl methyl sites for hydroxylation is 1. The summed E-state index contributed by atoms with van der Waals surface area (Å²) in [6.45, 7) is 2.30. The van der Waals surface area contributed by atoms with Gasteiger partial charge in [-0.3, -0.25) is 4.79 Å². The Labute approximate surface area is 224 Å². The van der Waals surface area contributed by atoms with Gasteiger partial charge in [-0.15, -0.1) is 0 Å². The van der Waals surface area contributed by atoms with Gasteiger partial charge >= 0.3 is 6.18 Å². The number of alkyl halides is 3. The maximum absolute atomic E-state index is 13.0. The second-order valence-electron chi connectivity index (χ2n) is 7.57. The molecular formula is C26H19ClF3IN2O3. The first kappa shape index (κ1) is 27.4. The number of nitrogens with zero attached hydrogens (tertiary/aromatic N) is 1. The third kappa shape index (κ3) is 6.71. The van der Waals surface area contributed by atoms with Crippen LogP contribution in [0.15, 0.2) is 60.2 Å². The zero-order valence-electron chi connectivity index (χ0n) is 19.0. The van der Waals surface area contributed by atoms with Gasteiger partial charge in [-0.05, 0) is 82.6 Å². The van der Waals surface area contributed by atoms with E-state index in [1.807, 2.05) is 31.2 Å². The first-order chi connectivity index (χ1) is 17.0. The van der Waals surface area contributed by atoms with E-state index in [-0.39, 0.29) is 16.3 Å². The summed E-state index contributed by atoms with van der Waals surface area (Å²) in [5.74, 6) is -0.0230. The molecule has 0 heterocycles. The fourth-order valence-electron chi connectivity index (χ4n) is 3.19. The van der Waals surface area contributed by atoms with E-state index in [1.54, 1.807) is 18.2 Å². The number of carbonyl (C=O) groups excluding carboxylic acids is 1. The highest BCUT2D eigenvalue weighted by molar-refractivity contribution is 14.1. The van der Waals surface area contributed by atoms with E-state index < -0.39 is 17.6 Å².